The Morgan fingerprint density at radius 2 is 2.11 bits per heavy atom. The standard InChI is InChI=1S/C15H26N4/c1-5-13-17-14(16-6-2)10-15(18-13)19-8-7-11(3)9-12(19)4/h10-12H,5-9H2,1-4H3,(H,16,17,18). The van der Waals surface area contributed by atoms with Gasteiger partial charge in [-0.15, -0.1) is 0 Å². The third kappa shape index (κ3) is 3.37. The van der Waals surface area contributed by atoms with Crippen molar-refractivity contribution in [2.24, 2.45) is 5.92 Å². The molecule has 0 bridgehead atoms. The highest BCUT2D eigenvalue weighted by Crippen LogP contribution is 2.27. The Morgan fingerprint density at radius 3 is 2.74 bits per heavy atom. The van der Waals surface area contributed by atoms with Crippen molar-refractivity contribution in [2.45, 2.75) is 53.0 Å². The van der Waals surface area contributed by atoms with Crippen molar-refractivity contribution >= 4 is 11.6 Å². The molecule has 0 aliphatic carbocycles. The molecule has 1 aliphatic rings. The predicted octanol–water partition coefficient (Wildman–Crippen LogP) is 3.10. The van der Waals surface area contributed by atoms with E-state index in [4.69, 9.17) is 4.98 Å². The first-order valence-electron chi connectivity index (χ1n) is 7.52. The van der Waals surface area contributed by atoms with Crippen LogP contribution in [0.15, 0.2) is 6.07 Å². The van der Waals surface area contributed by atoms with E-state index in [0.29, 0.717) is 6.04 Å². The van der Waals surface area contributed by atoms with Crippen LogP contribution in [0.1, 0.15) is 46.4 Å². The second-order valence-electron chi connectivity index (χ2n) is 5.58. The lowest BCUT2D eigenvalue weighted by molar-refractivity contribution is 0.376. The van der Waals surface area contributed by atoms with Gasteiger partial charge in [-0.25, -0.2) is 9.97 Å². The molecule has 0 radical (unpaired) electrons. The molecule has 1 N–H and O–H groups in total. The van der Waals surface area contributed by atoms with Gasteiger partial charge in [0.2, 0.25) is 0 Å². The highest BCUT2D eigenvalue weighted by Gasteiger charge is 2.24. The quantitative estimate of drug-likeness (QED) is 0.905. The number of piperidine rings is 1. The van der Waals surface area contributed by atoms with Gasteiger partial charge >= 0.3 is 0 Å². The third-order valence-electron chi connectivity index (χ3n) is 3.87. The molecule has 2 atom stereocenters. The van der Waals surface area contributed by atoms with E-state index in [1.165, 1.54) is 12.8 Å². The average molecular weight is 262 g/mol. The van der Waals surface area contributed by atoms with E-state index in [-0.39, 0.29) is 0 Å². The molecule has 0 saturated carbocycles. The van der Waals surface area contributed by atoms with Crippen LogP contribution in [0.4, 0.5) is 11.6 Å². The number of aromatic nitrogens is 2. The van der Waals surface area contributed by atoms with E-state index in [1.54, 1.807) is 0 Å². The number of rotatable bonds is 4. The lowest BCUT2D eigenvalue weighted by Crippen LogP contribution is -2.40. The van der Waals surface area contributed by atoms with Gasteiger partial charge in [0.05, 0.1) is 0 Å². The number of hydrogen-bond acceptors (Lipinski definition) is 4. The second-order valence-corrected chi connectivity index (χ2v) is 5.58. The summed E-state index contributed by atoms with van der Waals surface area (Å²) >= 11 is 0. The fourth-order valence-corrected chi connectivity index (χ4v) is 2.81. The van der Waals surface area contributed by atoms with Crippen LogP contribution in [-0.2, 0) is 6.42 Å². The monoisotopic (exact) mass is 262 g/mol. The molecule has 1 fully saturated rings. The fraction of sp³-hybridized carbons (Fsp3) is 0.733. The molecule has 1 aromatic heterocycles. The lowest BCUT2D eigenvalue weighted by Gasteiger charge is -2.37. The number of nitrogens with one attached hydrogen (secondary N) is 1. The Morgan fingerprint density at radius 1 is 1.32 bits per heavy atom. The van der Waals surface area contributed by atoms with Gasteiger partial charge in [-0.05, 0) is 32.6 Å². The number of hydrogen-bond donors (Lipinski definition) is 1. The Bertz CT molecular complexity index is 419. The normalized spacial score (nSPS) is 23.5. The molecule has 0 spiro atoms. The highest BCUT2D eigenvalue weighted by molar-refractivity contribution is 5.50. The van der Waals surface area contributed by atoms with E-state index < -0.39 is 0 Å². The first kappa shape index (κ1) is 14.1. The molecule has 1 aromatic rings. The van der Waals surface area contributed by atoms with E-state index in [2.05, 4.69) is 49.0 Å². The summed E-state index contributed by atoms with van der Waals surface area (Å²) in [5.41, 5.74) is 0. The van der Waals surface area contributed by atoms with Gasteiger partial charge in [0.15, 0.2) is 0 Å². The third-order valence-corrected chi connectivity index (χ3v) is 3.87. The molecule has 2 rings (SSSR count). The molecular weight excluding hydrogens is 236 g/mol. The van der Waals surface area contributed by atoms with E-state index in [0.717, 1.165) is 42.9 Å². The average Bonchev–Trinajstić information content (AvgIpc) is 2.38. The smallest absolute Gasteiger partial charge is 0.134 e. The fourth-order valence-electron chi connectivity index (χ4n) is 2.81. The van der Waals surface area contributed by atoms with Gasteiger partial charge in [0.25, 0.3) is 0 Å². The van der Waals surface area contributed by atoms with Crippen molar-refractivity contribution in [1.82, 2.24) is 9.97 Å². The molecule has 19 heavy (non-hydrogen) atoms. The van der Waals surface area contributed by atoms with Gasteiger partial charge in [0.1, 0.15) is 17.5 Å². The zero-order valence-electron chi connectivity index (χ0n) is 12.6. The Kier molecular flexibility index (Phi) is 4.61. The minimum atomic E-state index is 0.567. The maximum Gasteiger partial charge on any atom is 0.134 e. The van der Waals surface area contributed by atoms with E-state index in [9.17, 15) is 0 Å². The molecule has 0 aromatic carbocycles. The van der Waals surface area contributed by atoms with Gasteiger partial charge in [-0.3, -0.25) is 0 Å². The molecule has 4 heteroatoms. The van der Waals surface area contributed by atoms with Crippen molar-refractivity contribution in [2.75, 3.05) is 23.3 Å². The molecule has 2 heterocycles. The topological polar surface area (TPSA) is 41.0 Å². The van der Waals surface area contributed by atoms with Crippen LogP contribution >= 0.6 is 0 Å². The SMILES string of the molecule is CCNc1cc(N2CCC(C)CC2C)nc(CC)n1. The first-order valence-corrected chi connectivity index (χ1v) is 7.52. The number of aryl methyl sites for hydroxylation is 1. The minimum absolute atomic E-state index is 0.567. The summed E-state index contributed by atoms with van der Waals surface area (Å²) in [6.07, 6.45) is 3.39. The van der Waals surface area contributed by atoms with E-state index >= 15 is 0 Å². The van der Waals surface area contributed by atoms with Crippen LogP contribution in [-0.4, -0.2) is 29.1 Å². The van der Waals surface area contributed by atoms with Crippen LogP contribution in [0.3, 0.4) is 0 Å². The molecule has 1 aliphatic heterocycles. The van der Waals surface area contributed by atoms with Crippen molar-refractivity contribution in [3.05, 3.63) is 11.9 Å². The van der Waals surface area contributed by atoms with Gasteiger partial charge < -0.3 is 10.2 Å². The lowest BCUT2D eigenvalue weighted by atomic mass is 9.93. The highest BCUT2D eigenvalue weighted by atomic mass is 15.2. The van der Waals surface area contributed by atoms with Gasteiger partial charge in [-0.2, -0.15) is 0 Å². The summed E-state index contributed by atoms with van der Waals surface area (Å²) in [6, 6.07) is 2.66. The molecule has 4 nitrogen and oxygen atoms in total. The Balaban J connectivity index is 2.25. The van der Waals surface area contributed by atoms with Crippen LogP contribution in [0, 0.1) is 5.92 Å². The van der Waals surface area contributed by atoms with E-state index in [1.807, 2.05) is 0 Å². The molecule has 0 amide bonds. The molecule has 2 unspecified atom stereocenters. The largest absolute Gasteiger partial charge is 0.370 e. The first-order chi connectivity index (χ1) is 9.13. The summed E-state index contributed by atoms with van der Waals surface area (Å²) < 4.78 is 0. The van der Waals surface area contributed by atoms with Gasteiger partial charge in [0, 0.05) is 31.6 Å². The zero-order chi connectivity index (χ0) is 13.8. The molecule has 106 valence electrons. The summed E-state index contributed by atoms with van der Waals surface area (Å²) in [6.45, 7) is 10.8. The number of nitrogens with zero attached hydrogens (tertiary/aromatic N) is 3. The Labute approximate surface area is 116 Å². The van der Waals surface area contributed by atoms with Crippen molar-refractivity contribution < 1.29 is 0 Å². The zero-order valence-corrected chi connectivity index (χ0v) is 12.6. The van der Waals surface area contributed by atoms with Crippen LogP contribution < -0.4 is 10.2 Å². The minimum Gasteiger partial charge on any atom is -0.370 e. The van der Waals surface area contributed by atoms with Crippen molar-refractivity contribution in [1.29, 1.82) is 0 Å². The number of anilines is 2. The summed E-state index contributed by atoms with van der Waals surface area (Å²) in [5.74, 6) is 3.80. The second kappa shape index (κ2) is 6.22. The van der Waals surface area contributed by atoms with Crippen LogP contribution in [0.25, 0.3) is 0 Å². The molecule has 1 saturated heterocycles. The van der Waals surface area contributed by atoms with Gasteiger partial charge in [-0.1, -0.05) is 13.8 Å². The molecular formula is C15H26N4. The predicted molar refractivity (Wildman–Crippen MR) is 80.8 cm³/mol. The Hall–Kier alpha value is -1.32. The maximum absolute atomic E-state index is 4.71. The summed E-state index contributed by atoms with van der Waals surface area (Å²) in [5, 5.41) is 3.31. The maximum atomic E-state index is 4.71. The van der Waals surface area contributed by atoms with Crippen molar-refractivity contribution in [3.8, 4) is 0 Å². The summed E-state index contributed by atoms with van der Waals surface area (Å²) in [7, 11) is 0. The van der Waals surface area contributed by atoms with Crippen molar-refractivity contribution in [3.63, 3.8) is 0 Å². The van der Waals surface area contributed by atoms with Crippen LogP contribution in [0.5, 0.6) is 0 Å². The summed E-state index contributed by atoms with van der Waals surface area (Å²) in [4.78, 5) is 11.7. The van der Waals surface area contributed by atoms with Crippen LogP contribution in [0.2, 0.25) is 0 Å².